The van der Waals surface area contributed by atoms with Crippen LogP contribution < -0.4 is 15.8 Å². The van der Waals surface area contributed by atoms with Crippen molar-refractivity contribution >= 4 is 22.8 Å². The van der Waals surface area contributed by atoms with Gasteiger partial charge in [0, 0.05) is 17.9 Å². The van der Waals surface area contributed by atoms with Gasteiger partial charge in [-0.15, -0.1) is 0 Å². The van der Waals surface area contributed by atoms with Crippen molar-refractivity contribution in [2.45, 2.75) is 25.4 Å². The molecule has 3 rings (SSSR count). The molecule has 1 aliphatic rings. The minimum Gasteiger partial charge on any atom is -0.497 e. The maximum Gasteiger partial charge on any atom is 0.251 e. The number of amides is 1. The molecular weight excluding hydrogens is 346 g/mol. The number of hydrogen-bond donors (Lipinski definition) is 2. The summed E-state index contributed by atoms with van der Waals surface area (Å²) in [6.07, 6.45) is 0.898. The largest absolute Gasteiger partial charge is 0.497 e. The van der Waals surface area contributed by atoms with Crippen LogP contribution in [0.4, 0.5) is 0 Å². The molecule has 26 heavy (non-hydrogen) atoms. The second-order valence-electron chi connectivity index (χ2n) is 6.43. The van der Waals surface area contributed by atoms with Crippen LogP contribution in [-0.2, 0) is 12.1 Å². The van der Waals surface area contributed by atoms with Gasteiger partial charge in [-0.3, -0.25) is 9.79 Å². The van der Waals surface area contributed by atoms with E-state index in [2.05, 4.69) is 17.2 Å². The summed E-state index contributed by atoms with van der Waals surface area (Å²) in [4.78, 5) is 17.2. The van der Waals surface area contributed by atoms with E-state index in [4.69, 9.17) is 10.5 Å². The van der Waals surface area contributed by atoms with Crippen LogP contribution in [0.25, 0.3) is 0 Å². The topological polar surface area (TPSA) is 76.7 Å². The quantitative estimate of drug-likeness (QED) is 0.848. The highest BCUT2D eigenvalue weighted by atomic mass is 32.2. The molecule has 5 nitrogen and oxygen atoms in total. The lowest BCUT2D eigenvalue weighted by molar-refractivity contribution is 0.0950. The Morgan fingerprint density at radius 3 is 2.77 bits per heavy atom. The van der Waals surface area contributed by atoms with E-state index in [0.717, 1.165) is 29.1 Å². The van der Waals surface area contributed by atoms with Gasteiger partial charge in [-0.1, -0.05) is 36.0 Å². The number of hydrogen-bond acceptors (Lipinski definition) is 5. The number of benzene rings is 2. The first-order valence-corrected chi connectivity index (χ1v) is 9.48. The molecule has 0 aliphatic carbocycles. The monoisotopic (exact) mass is 369 g/mol. The fraction of sp³-hybridized carbons (Fsp3) is 0.300. The summed E-state index contributed by atoms with van der Waals surface area (Å²) in [5, 5.41) is 3.56. The van der Waals surface area contributed by atoms with Crippen molar-refractivity contribution in [3.05, 3.63) is 65.2 Å². The van der Waals surface area contributed by atoms with Gasteiger partial charge in [0.2, 0.25) is 0 Å². The SMILES string of the molecule is COc1ccc(CNC(=O)c2cccc(C3(C)CCSC(N)=N3)c2)cc1. The van der Waals surface area contributed by atoms with Gasteiger partial charge in [0.15, 0.2) is 5.17 Å². The number of carbonyl (C=O) groups excluding carboxylic acids is 1. The van der Waals surface area contributed by atoms with E-state index >= 15 is 0 Å². The third kappa shape index (κ3) is 4.19. The Kier molecular flexibility index (Phi) is 5.52. The van der Waals surface area contributed by atoms with Crippen LogP contribution in [0.1, 0.15) is 34.8 Å². The predicted octanol–water partition coefficient (Wildman–Crippen LogP) is 3.29. The highest BCUT2D eigenvalue weighted by Crippen LogP contribution is 2.35. The third-order valence-corrected chi connectivity index (χ3v) is 5.35. The van der Waals surface area contributed by atoms with E-state index in [0.29, 0.717) is 17.3 Å². The van der Waals surface area contributed by atoms with Crippen LogP contribution in [0.5, 0.6) is 5.75 Å². The maximum absolute atomic E-state index is 12.5. The third-order valence-electron chi connectivity index (χ3n) is 4.55. The zero-order valence-corrected chi connectivity index (χ0v) is 15.8. The molecule has 1 heterocycles. The Hall–Kier alpha value is -2.47. The lowest BCUT2D eigenvalue weighted by Crippen LogP contribution is -2.29. The Morgan fingerprint density at radius 1 is 1.31 bits per heavy atom. The Balaban J connectivity index is 1.71. The number of nitrogens with one attached hydrogen (secondary N) is 1. The van der Waals surface area contributed by atoms with Crippen molar-refractivity contribution < 1.29 is 9.53 Å². The second-order valence-corrected chi connectivity index (χ2v) is 7.55. The predicted molar refractivity (Wildman–Crippen MR) is 107 cm³/mol. The normalized spacial score (nSPS) is 19.5. The zero-order chi connectivity index (χ0) is 18.6. The Labute approximate surface area is 158 Å². The first kappa shape index (κ1) is 18.3. The summed E-state index contributed by atoms with van der Waals surface area (Å²) in [7, 11) is 1.63. The van der Waals surface area contributed by atoms with Crippen molar-refractivity contribution in [2.24, 2.45) is 10.7 Å². The fourth-order valence-electron chi connectivity index (χ4n) is 2.92. The van der Waals surface area contributed by atoms with Gasteiger partial charge < -0.3 is 15.8 Å². The number of rotatable bonds is 5. The van der Waals surface area contributed by atoms with E-state index in [1.54, 1.807) is 18.9 Å². The Bertz CT molecular complexity index is 820. The van der Waals surface area contributed by atoms with Crippen LogP contribution in [0.3, 0.4) is 0 Å². The number of aliphatic imine (C=N–C) groups is 1. The summed E-state index contributed by atoms with van der Waals surface area (Å²) in [5.41, 5.74) is 8.19. The summed E-state index contributed by atoms with van der Waals surface area (Å²) in [5.74, 6) is 1.62. The number of nitrogens with two attached hydrogens (primary N) is 1. The molecule has 0 saturated heterocycles. The average Bonchev–Trinajstić information content (AvgIpc) is 2.66. The van der Waals surface area contributed by atoms with Gasteiger partial charge >= 0.3 is 0 Å². The molecule has 3 N–H and O–H groups in total. The number of thioether (sulfide) groups is 1. The van der Waals surface area contributed by atoms with E-state index in [-0.39, 0.29) is 11.4 Å². The number of amidine groups is 1. The first-order chi connectivity index (χ1) is 12.5. The highest BCUT2D eigenvalue weighted by Gasteiger charge is 2.29. The highest BCUT2D eigenvalue weighted by molar-refractivity contribution is 8.13. The van der Waals surface area contributed by atoms with Gasteiger partial charge in [-0.2, -0.15) is 0 Å². The van der Waals surface area contributed by atoms with Crippen molar-refractivity contribution in [3.63, 3.8) is 0 Å². The van der Waals surface area contributed by atoms with Crippen LogP contribution in [0.2, 0.25) is 0 Å². The molecule has 0 spiro atoms. The van der Waals surface area contributed by atoms with Gasteiger partial charge in [-0.25, -0.2) is 0 Å². The number of ether oxygens (including phenoxy) is 1. The summed E-state index contributed by atoms with van der Waals surface area (Å²) < 4.78 is 5.14. The average molecular weight is 369 g/mol. The van der Waals surface area contributed by atoms with Crippen molar-refractivity contribution in [3.8, 4) is 5.75 Å². The molecule has 2 aromatic carbocycles. The smallest absolute Gasteiger partial charge is 0.251 e. The minimum absolute atomic E-state index is 0.103. The van der Waals surface area contributed by atoms with Crippen LogP contribution in [0, 0.1) is 0 Å². The summed E-state index contributed by atoms with van der Waals surface area (Å²) in [6, 6.07) is 15.3. The van der Waals surface area contributed by atoms with Gasteiger partial charge in [-0.05, 0) is 48.7 Å². The molecule has 0 fully saturated rings. The van der Waals surface area contributed by atoms with Crippen molar-refractivity contribution in [1.82, 2.24) is 5.32 Å². The molecule has 2 aromatic rings. The zero-order valence-electron chi connectivity index (χ0n) is 15.0. The summed E-state index contributed by atoms with van der Waals surface area (Å²) in [6.45, 7) is 2.53. The number of methoxy groups -OCH3 is 1. The second kappa shape index (κ2) is 7.83. The standard InChI is InChI=1S/C20H23N3O2S/c1-20(10-11-26-19(21)23-20)16-5-3-4-15(12-16)18(24)22-13-14-6-8-17(25-2)9-7-14/h3-9,12H,10-11,13H2,1-2H3,(H2,21,23)(H,22,24). The Morgan fingerprint density at radius 2 is 2.08 bits per heavy atom. The summed E-state index contributed by atoms with van der Waals surface area (Å²) >= 11 is 1.57. The van der Waals surface area contributed by atoms with Gasteiger partial charge in [0.05, 0.1) is 12.6 Å². The molecular formula is C20H23N3O2S. The molecule has 1 amide bonds. The van der Waals surface area contributed by atoms with Crippen molar-refractivity contribution in [1.29, 1.82) is 0 Å². The number of nitrogens with zero attached hydrogens (tertiary/aromatic N) is 1. The van der Waals surface area contributed by atoms with Gasteiger partial charge in [0.1, 0.15) is 5.75 Å². The first-order valence-electron chi connectivity index (χ1n) is 8.50. The number of carbonyl (C=O) groups is 1. The van der Waals surface area contributed by atoms with Crippen LogP contribution in [0.15, 0.2) is 53.5 Å². The molecule has 6 heteroatoms. The van der Waals surface area contributed by atoms with E-state index in [9.17, 15) is 4.79 Å². The molecule has 136 valence electrons. The van der Waals surface area contributed by atoms with Crippen LogP contribution >= 0.6 is 11.8 Å². The van der Waals surface area contributed by atoms with Crippen LogP contribution in [-0.4, -0.2) is 23.9 Å². The van der Waals surface area contributed by atoms with E-state index < -0.39 is 0 Å². The molecule has 0 bridgehead atoms. The van der Waals surface area contributed by atoms with E-state index in [1.807, 2.05) is 48.5 Å². The lowest BCUT2D eigenvalue weighted by atomic mass is 9.88. The van der Waals surface area contributed by atoms with Gasteiger partial charge in [0.25, 0.3) is 5.91 Å². The molecule has 0 saturated carbocycles. The molecule has 1 unspecified atom stereocenters. The maximum atomic E-state index is 12.5. The minimum atomic E-state index is -0.373. The lowest BCUT2D eigenvalue weighted by Gasteiger charge is -2.30. The molecule has 0 aromatic heterocycles. The fourth-order valence-corrected chi connectivity index (χ4v) is 3.89. The van der Waals surface area contributed by atoms with Crippen molar-refractivity contribution in [2.75, 3.05) is 12.9 Å². The molecule has 0 radical (unpaired) electrons. The van der Waals surface area contributed by atoms with E-state index in [1.165, 1.54) is 0 Å². The molecule has 1 aliphatic heterocycles. The molecule has 1 atom stereocenters.